The summed E-state index contributed by atoms with van der Waals surface area (Å²) in [6, 6.07) is -0.0696. The van der Waals surface area contributed by atoms with Crippen LogP contribution < -0.4 is 11.1 Å². The lowest BCUT2D eigenvalue weighted by molar-refractivity contribution is -0.128. The fraction of sp³-hybridized carbons (Fsp3) is 0.944. The SMILES string of the molecule is CCC(C)[C@H](N)C(=O)NC(C)C12CC3CC(CC(C3)C1)C2. The molecule has 21 heavy (non-hydrogen) atoms. The Morgan fingerprint density at radius 2 is 1.62 bits per heavy atom. The highest BCUT2D eigenvalue weighted by Crippen LogP contribution is 2.61. The molecule has 3 atom stereocenters. The number of hydrogen-bond acceptors (Lipinski definition) is 2. The minimum Gasteiger partial charge on any atom is -0.352 e. The highest BCUT2D eigenvalue weighted by molar-refractivity contribution is 5.82. The summed E-state index contributed by atoms with van der Waals surface area (Å²) >= 11 is 0. The van der Waals surface area contributed by atoms with Crippen molar-refractivity contribution in [3.8, 4) is 0 Å². The van der Waals surface area contributed by atoms with E-state index in [0.29, 0.717) is 5.41 Å². The van der Waals surface area contributed by atoms with Crippen molar-refractivity contribution >= 4 is 5.91 Å². The minimum absolute atomic E-state index is 0.0626. The molecule has 4 aliphatic rings. The van der Waals surface area contributed by atoms with Crippen LogP contribution in [0.25, 0.3) is 0 Å². The molecule has 0 aromatic heterocycles. The van der Waals surface area contributed by atoms with Gasteiger partial charge in [-0.1, -0.05) is 20.3 Å². The molecule has 3 heteroatoms. The monoisotopic (exact) mass is 292 g/mol. The molecule has 4 aliphatic carbocycles. The van der Waals surface area contributed by atoms with E-state index in [1.54, 1.807) is 0 Å². The quantitative estimate of drug-likeness (QED) is 0.818. The highest BCUT2D eigenvalue weighted by atomic mass is 16.2. The number of hydrogen-bond donors (Lipinski definition) is 2. The molecule has 4 fully saturated rings. The fourth-order valence-electron chi connectivity index (χ4n) is 5.68. The normalized spacial score (nSPS) is 41.6. The van der Waals surface area contributed by atoms with Gasteiger partial charge >= 0.3 is 0 Å². The van der Waals surface area contributed by atoms with Gasteiger partial charge in [0.15, 0.2) is 0 Å². The maximum absolute atomic E-state index is 12.4. The third kappa shape index (κ3) is 2.74. The third-order valence-electron chi connectivity index (χ3n) is 6.92. The topological polar surface area (TPSA) is 55.1 Å². The predicted octanol–water partition coefficient (Wildman–Crippen LogP) is 3.08. The van der Waals surface area contributed by atoms with E-state index in [-0.39, 0.29) is 23.9 Å². The van der Waals surface area contributed by atoms with Crippen LogP contribution in [0.15, 0.2) is 0 Å². The number of nitrogens with two attached hydrogens (primary N) is 1. The lowest BCUT2D eigenvalue weighted by Gasteiger charge is -2.59. The van der Waals surface area contributed by atoms with Crippen molar-refractivity contribution < 1.29 is 4.79 Å². The number of carbonyl (C=O) groups excluding carboxylic acids is 1. The first-order valence-electron chi connectivity index (χ1n) is 8.99. The molecular formula is C18H32N2O. The second-order valence-corrected chi connectivity index (χ2v) is 8.42. The van der Waals surface area contributed by atoms with Gasteiger partial charge in [-0.2, -0.15) is 0 Å². The Balaban J connectivity index is 1.65. The van der Waals surface area contributed by atoms with Gasteiger partial charge in [0.05, 0.1) is 6.04 Å². The summed E-state index contributed by atoms with van der Waals surface area (Å²) in [5.74, 6) is 3.11. The van der Waals surface area contributed by atoms with Crippen LogP contribution in [0, 0.1) is 29.1 Å². The average molecular weight is 292 g/mol. The van der Waals surface area contributed by atoms with E-state index < -0.39 is 0 Å². The second kappa shape index (κ2) is 5.57. The van der Waals surface area contributed by atoms with Gasteiger partial charge in [0.1, 0.15) is 0 Å². The molecule has 0 aromatic rings. The van der Waals surface area contributed by atoms with E-state index >= 15 is 0 Å². The Kier molecular flexibility index (Phi) is 4.06. The van der Waals surface area contributed by atoms with Crippen molar-refractivity contribution in [2.24, 2.45) is 34.8 Å². The molecule has 1 amide bonds. The molecule has 4 rings (SSSR count). The largest absolute Gasteiger partial charge is 0.352 e. The summed E-state index contributed by atoms with van der Waals surface area (Å²) < 4.78 is 0. The Labute approximate surface area is 129 Å². The van der Waals surface area contributed by atoms with Crippen LogP contribution in [0.4, 0.5) is 0 Å². The van der Waals surface area contributed by atoms with Gasteiger partial charge in [-0.3, -0.25) is 4.79 Å². The van der Waals surface area contributed by atoms with Crippen LogP contribution in [0.2, 0.25) is 0 Å². The molecule has 0 radical (unpaired) electrons. The number of carbonyl (C=O) groups is 1. The van der Waals surface area contributed by atoms with E-state index in [1.165, 1.54) is 38.5 Å². The molecule has 4 bridgehead atoms. The summed E-state index contributed by atoms with van der Waals surface area (Å²) in [5, 5.41) is 3.29. The van der Waals surface area contributed by atoms with Crippen molar-refractivity contribution in [1.82, 2.24) is 5.32 Å². The molecule has 120 valence electrons. The molecule has 2 unspecified atom stereocenters. The molecule has 0 heterocycles. The first kappa shape index (κ1) is 15.3. The smallest absolute Gasteiger partial charge is 0.237 e. The van der Waals surface area contributed by atoms with Gasteiger partial charge in [-0.25, -0.2) is 0 Å². The van der Waals surface area contributed by atoms with Crippen molar-refractivity contribution in [1.29, 1.82) is 0 Å². The summed E-state index contributed by atoms with van der Waals surface area (Å²) in [5.41, 5.74) is 6.47. The molecule has 3 N–H and O–H groups in total. The number of rotatable bonds is 5. The average Bonchev–Trinajstić information content (AvgIpc) is 2.44. The summed E-state index contributed by atoms with van der Waals surface area (Å²) in [7, 11) is 0. The predicted molar refractivity (Wildman–Crippen MR) is 85.6 cm³/mol. The zero-order valence-corrected chi connectivity index (χ0v) is 13.9. The van der Waals surface area contributed by atoms with Crippen LogP contribution in [-0.4, -0.2) is 18.0 Å². The lowest BCUT2D eigenvalue weighted by atomic mass is 9.48. The molecule has 3 nitrogen and oxygen atoms in total. The minimum atomic E-state index is -0.355. The van der Waals surface area contributed by atoms with Crippen molar-refractivity contribution in [2.45, 2.75) is 77.8 Å². The van der Waals surface area contributed by atoms with Crippen LogP contribution in [0.3, 0.4) is 0 Å². The molecule has 0 aromatic carbocycles. The van der Waals surface area contributed by atoms with Crippen molar-refractivity contribution in [2.75, 3.05) is 0 Å². The van der Waals surface area contributed by atoms with E-state index in [4.69, 9.17) is 5.73 Å². The van der Waals surface area contributed by atoms with Gasteiger partial charge in [-0.05, 0) is 74.5 Å². The standard InChI is InChI=1S/C18H32N2O/c1-4-11(2)16(19)17(21)20-12(3)18-8-13-5-14(9-18)7-15(6-13)10-18/h11-16H,4-10,19H2,1-3H3,(H,20,21)/t11?,12?,13?,14?,15?,16-,18?/m0/s1. The number of nitrogens with one attached hydrogen (secondary N) is 1. The van der Waals surface area contributed by atoms with E-state index in [0.717, 1.165) is 24.2 Å². The molecule has 0 saturated heterocycles. The van der Waals surface area contributed by atoms with Crippen molar-refractivity contribution in [3.05, 3.63) is 0 Å². The zero-order chi connectivity index (χ0) is 15.2. The van der Waals surface area contributed by atoms with Gasteiger partial charge in [0.2, 0.25) is 5.91 Å². The van der Waals surface area contributed by atoms with E-state index in [1.807, 2.05) is 0 Å². The van der Waals surface area contributed by atoms with Gasteiger partial charge in [-0.15, -0.1) is 0 Å². The Bertz CT molecular complexity index is 371. The maximum Gasteiger partial charge on any atom is 0.237 e. The van der Waals surface area contributed by atoms with Crippen molar-refractivity contribution in [3.63, 3.8) is 0 Å². The van der Waals surface area contributed by atoms with E-state index in [2.05, 4.69) is 26.1 Å². The first-order valence-corrected chi connectivity index (χ1v) is 8.99. The third-order valence-corrected chi connectivity index (χ3v) is 6.92. The number of amides is 1. The van der Waals surface area contributed by atoms with Gasteiger partial charge in [0, 0.05) is 6.04 Å². The zero-order valence-electron chi connectivity index (χ0n) is 13.9. The maximum atomic E-state index is 12.4. The molecular weight excluding hydrogens is 260 g/mol. The Morgan fingerprint density at radius 3 is 2.05 bits per heavy atom. The summed E-state index contributed by atoms with van der Waals surface area (Å²) in [6.07, 6.45) is 9.31. The highest BCUT2D eigenvalue weighted by Gasteiger charge is 2.53. The Morgan fingerprint density at radius 1 is 1.14 bits per heavy atom. The second-order valence-electron chi connectivity index (χ2n) is 8.42. The van der Waals surface area contributed by atoms with Crippen LogP contribution in [0.1, 0.15) is 65.7 Å². The summed E-state index contributed by atoms with van der Waals surface area (Å²) in [4.78, 5) is 12.4. The Hall–Kier alpha value is -0.570. The van der Waals surface area contributed by atoms with Crippen LogP contribution >= 0.6 is 0 Å². The van der Waals surface area contributed by atoms with E-state index in [9.17, 15) is 4.79 Å². The van der Waals surface area contributed by atoms with Gasteiger partial charge < -0.3 is 11.1 Å². The lowest BCUT2D eigenvalue weighted by Crippen LogP contribution is -2.58. The molecule has 0 spiro atoms. The van der Waals surface area contributed by atoms with Gasteiger partial charge in [0.25, 0.3) is 0 Å². The van der Waals surface area contributed by atoms with Crippen LogP contribution in [-0.2, 0) is 4.79 Å². The first-order chi connectivity index (χ1) is 9.93. The van der Waals surface area contributed by atoms with Crippen LogP contribution in [0.5, 0.6) is 0 Å². The molecule has 4 saturated carbocycles. The fourth-order valence-corrected chi connectivity index (χ4v) is 5.68. The molecule has 0 aliphatic heterocycles. The summed E-state index contributed by atoms with van der Waals surface area (Å²) in [6.45, 7) is 6.40.